The summed E-state index contributed by atoms with van der Waals surface area (Å²) in [5, 5.41) is 33.6. The first kappa shape index (κ1) is 16.4. The lowest BCUT2D eigenvalue weighted by Crippen LogP contribution is -2.24. The molecule has 1 aromatic heterocycles. The van der Waals surface area contributed by atoms with E-state index in [1.54, 1.807) is 36.4 Å². The van der Waals surface area contributed by atoms with Crippen LogP contribution in [-0.2, 0) is 0 Å². The van der Waals surface area contributed by atoms with Gasteiger partial charge in [-0.1, -0.05) is 11.3 Å². The van der Waals surface area contributed by atoms with Gasteiger partial charge in [0.2, 0.25) is 5.13 Å². The minimum absolute atomic E-state index is 0.156. The van der Waals surface area contributed by atoms with Gasteiger partial charge in [0.1, 0.15) is 16.5 Å². The molecule has 0 fully saturated rings. The normalized spacial score (nSPS) is 10.7. The first-order valence-corrected chi connectivity index (χ1v) is 7.94. The highest BCUT2D eigenvalue weighted by molar-refractivity contribution is 7.18. The van der Waals surface area contributed by atoms with Crippen LogP contribution in [0.3, 0.4) is 0 Å². The van der Waals surface area contributed by atoms with Gasteiger partial charge in [-0.3, -0.25) is 5.32 Å². The van der Waals surface area contributed by atoms with Crippen LogP contribution in [0, 0.1) is 0 Å². The number of aromatic nitrogens is 2. The highest BCUT2D eigenvalue weighted by atomic mass is 32.1. The fourth-order valence-electron chi connectivity index (χ4n) is 1.85. The van der Waals surface area contributed by atoms with E-state index in [1.807, 2.05) is 0 Å². The van der Waals surface area contributed by atoms with Crippen molar-refractivity contribution in [1.29, 1.82) is 0 Å². The molecule has 126 valence electrons. The van der Waals surface area contributed by atoms with Gasteiger partial charge in [0.05, 0.1) is 6.21 Å². The summed E-state index contributed by atoms with van der Waals surface area (Å²) >= 11 is 1.20. The molecule has 4 N–H and O–H groups in total. The SMILES string of the molecule is O=C(N/N=C/c1ccc(O)cc1)Nc1nnc(-c2ccc(O)cc2)s1. The number of rotatable bonds is 4. The predicted molar refractivity (Wildman–Crippen MR) is 94.9 cm³/mol. The number of amides is 2. The summed E-state index contributed by atoms with van der Waals surface area (Å²) in [4.78, 5) is 11.8. The number of anilines is 1. The number of nitrogens with zero attached hydrogens (tertiary/aromatic N) is 3. The molecule has 0 aliphatic carbocycles. The molecule has 1 heterocycles. The van der Waals surface area contributed by atoms with Gasteiger partial charge in [0, 0.05) is 5.56 Å². The lowest BCUT2D eigenvalue weighted by molar-refractivity contribution is 0.252. The van der Waals surface area contributed by atoms with E-state index in [4.69, 9.17) is 0 Å². The van der Waals surface area contributed by atoms with Crippen molar-refractivity contribution in [1.82, 2.24) is 15.6 Å². The maximum absolute atomic E-state index is 11.8. The number of carbonyl (C=O) groups is 1. The van der Waals surface area contributed by atoms with Gasteiger partial charge >= 0.3 is 6.03 Å². The summed E-state index contributed by atoms with van der Waals surface area (Å²) in [7, 11) is 0. The van der Waals surface area contributed by atoms with E-state index >= 15 is 0 Å². The molecule has 9 heteroatoms. The number of aromatic hydroxyl groups is 2. The Morgan fingerprint density at radius 2 is 1.64 bits per heavy atom. The van der Waals surface area contributed by atoms with Crippen LogP contribution in [0.4, 0.5) is 9.93 Å². The van der Waals surface area contributed by atoms with Crippen LogP contribution >= 0.6 is 11.3 Å². The molecule has 0 bridgehead atoms. The molecule has 2 aromatic carbocycles. The molecule has 3 rings (SSSR count). The Morgan fingerprint density at radius 1 is 1.00 bits per heavy atom. The quantitative estimate of drug-likeness (QED) is 0.424. The zero-order valence-electron chi connectivity index (χ0n) is 12.7. The average molecular weight is 355 g/mol. The third kappa shape index (κ3) is 4.52. The van der Waals surface area contributed by atoms with Crippen molar-refractivity contribution in [2.24, 2.45) is 5.10 Å². The number of carbonyl (C=O) groups excluding carboxylic acids is 1. The van der Waals surface area contributed by atoms with E-state index in [1.165, 1.54) is 29.7 Å². The number of hydrogen-bond acceptors (Lipinski definition) is 7. The number of urea groups is 1. The lowest BCUT2D eigenvalue weighted by atomic mass is 10.2. The Balaban J connectivity index is 1.56. The van der Waals surface area contributed by atoms with Gasteiger partial charge < -0.3 is 10.2 Å². The Bertz CT molecular complexity index is 891. The molecule has 8 nitrogen and oxygen atoms in total. The van der Waals surface area contributed by atoms with Gasteiger partial charge in [-0.2, -0.15) is 5.10 Å². The van der Waals surface area contributed by atoms with Crippen molar-refractivity contribution < 1.29 is 15.0 Å². The van der Waals surface area contributed by atoms with Crippen molar-refractivity contribution in [2.45, 2.75) is 0 Å². The fourth-order valence-corrected chi connectivity index (χ4v) is 2.59. The Labute approximate surface area is 146 Å². The Hall–Kier alpha value is -3.46. The maximum Gasteiger partial charge on any atom is 0.341 e. The lowest BCUT2D eigenvalue weighted by Gasteiger charge is -1.99. The smallest absolute Gasteiger partial charge is 0.341 e. The minimum atomic E-state index is -0.552. The van der Waals surface area contributed by atoms with E-state index in [0.717, 1.165) is 11.1 Å². The second-order valence-electron chi connectivity index (χ2n) is 4.87. The molecular formula is C16H13N5O3S. The van der Waals surface area contributed by atoms with Crippen LogP contribution in [0.1, 0.15) is 5.56 Å². The van der Waals surface area contributed by atoms with E-state index in [2.05, 4.69) is 26.0 Å². The third-order valence-electron chi connectivity index (χ3n) is 3.03. The molecule has 3 aromatic rings. The van der Waals surface area contributed by atoms with Crippen LogP contribution in [0.2, 0.25) is 0 Å². The van der Waals surface area contributed by atoms with Crippen molar-refractivity contribution in [3.63, 3.8) is 0 Å². The Kier molecular flexibility index (Phi) is 4.86. The minimum Gasteiger partial charge on any atom is -0.508 e. The number of benzene rings is 2. The van der Waals surface area contributed by atoms with Gasteiger partial charge in [0.25, 0.3) is 0 Å². The zero-order valence-corrected chi connectivity index (χ0v) is 13.6. The van der Waals surface area contributed by atoms with Crippen molar-refractivity contribution in [3.8, 4) is 22.1 Å². The standard InChI is InChI=1S/C16H13N5O3S/c22-12-5-1-10(2-6-12)9-17-20-15(24)18-16-21-19-14(25-16)11-3-7-13(23)8-4-11/h1-9,22-23H,(H2,18,20,21,24)/b17-9+. The molecule has 2 amide bonds. The number of phenols is 2. The highest BCUT2D eigenvalue weighted by Gasteiger charge is 2.09. The second-order valence-corrected chi connectivity index (χ2v) is 5.85. The van der Waals surface area contributed by atoms with Crippen LogP contribution in [0.5, 0.6) is 11.5 Å². The molecule has 0 unspecified atom stereocenters. The summed E-state index contributed by atoms with van der Waals surface area (Å²) in [5.74, 6) is 0.320. The van der Waals surface area contributed by atoms with E-state index in [9.17, 15) is 15.0 Å². The Morgan fingerprint density at radius 3 is 2.32 bits per heavy atom. The molecule has 0 spiro atoms. The summed E-state index contributed by atoms with van der Waals surface area (Å²) < 4.78 is 0. The molecule has 0 aliphatic rings. The van der Waals surface area contributed by atoms with Crippen molar-refractivity contribution >= 4 is 28.7 Å². The average Bonchev–Trinajstić information content (AvgIpc) is 3.06. The number of nitrogens with one attached hydrogen (secondary N) is 2. The van der Waals surface area contributed by atoms with Gasteiger partial charge in [-0.05, 0) is 54.1 Å². The first-order valence-electron chi connectivity index (χ1n) is 7.12. The second kappa shape index (κ2) is 7.41. The summed E-state index contributed by atoms with van der Waals surface area (Å²) in [5.41, 5.74) is 3.83. The van der Waals surface area contributed by atoms with E-state index in [-0.39, 0.29) is 11.5 Å². The monoisotopic (exact) mass is 355 g/mol. The number of hydrazone groups is 1. The first-order chi connectivity index (χ1) is 12.1. The van der Waals surface area contributed by atoms with Crippen LogP contribution in [-0.4, -0.2) is 32.7 Å². The van der Waals surface area contributed by atoms with Crippen molar-refractivity contribution in [3.05, 3.63) is 54.1 Å². The van der Waals surface area contributed by atoms with Crippen LogP contribution in [0.25, 0.3) is 10.6 Å². The van der Waals surface area contributed by atoms with Gasteiger partial charge in [0.15, 0.2) is 0 Å². The van der Waals surface area contributed by atoms with Gasteiger partial charge in [-0.25, -0.2) is 10.2 Å². The summed E-state index contributed by atoms with van der Waals surface area (Å²) in [6, 6.07) is 12.3. The topological polar surface area (TPSA) is 120 Å². The number of hydrogen-bond donors (Lipinski definition) is 4. The van der Waals surface area contributed by atoms with E-state index < -0.39 is 6.03 Å². The molecule has 0 saturated carbocycles. The largest absolute Gasteiger partial charge is 0.508 e. The third-order valence-corrected chi connectivity index (χ3v) is 3.92. The summed E-state index contributed by atoms with van der Waals surface area (Å²) in [6.07, 6.45) is 1.45. The molecule has 0 radical (unpaired) electrons. The highest BCUT2D eigenvalue weighted by Crippen LogP contribution is 2.27. The molecular weight excluding hydrogens is 342 g/mol. The molecule has 0 saturated heterocycles. The van der Waals surface area contributed by atoms with E-state index in [0.29, 0.717) is 10.1 Å². The van der Waals surface area contributed by atoms with Crippen molar-refractivity contribution in [2.75, 3.05) is 5.32 Å². The number of phenolic OH excluding ortho intramolecular Hbond substituents is 2. The predicted octanol–water partition coefficient (Wildman–Crippen LogP) is 2.77. The zero-order chi connectivity index (χ0) is 17.6. The van der Waals surface area contributed by atoms with Crippen LogP contribution in [0.15, 0.2) is 53.6 Å². The maximum atomic E-state index is 11.8. The molecule has 0 atom stereocenters. The fraction of sp³-hybridized carbons (Fsp3) is 0. The molecule has 0 aliphatic heterocycles. The summed E-state index contributed by atoms with van der Waals surface area (Å²) in [6.45, 7) is 0. The van der Waals surface area contributed by atoms with Gasteiger partial charge in [-0.15, -0.1) is 10.2 Å². The molecule has 25 heavy (non-hydrogen) atoms. The van der Waals surface area contributed by atoms with Crippen LogP contribution < -0.4 is 10.7 Å².